The van der Waals surface area contributed by atoms with Gasteiger partial charge in [0.25, 0.3) is 11.3 Å². The zero-order valence-electron chi connectivity index (χ0n) is 26.6. The Bertz CT molecular complexity index is 1630. The fraction of sp³-hybridized carbons (Fsp3) is 0.351. The van der Waals surface area contributed by atoms with Gasteiger partial charge >= 0.3 is 0 Å². The molecule has 1 saturated heterocycles. The van der Waals surface area contributed by atoms with Crippen LogP contribution in [-0.2, 0) is 27.3 Å². The summed E-state index contributed by atoms with van der Waals surface area (Å²) in [6.07, 6.45) is 4.23. The molecule has 1 aliphatic heterocycles. The molecule has 4 unspecified atom stereocenters. The number of nitrogens with zero attached hydrogens (tertiary/aromatic N) is 2. The highest BCUT2D eigenvalue weighted by atomic mass is 32.2. The first-order valence-electron chi connectivity index (χ1n) is 16.2. The van der Waals surface area contributed by atoms with Gasteiger partial charge in [0.1, 0.15) is 6.04 Å². The molecular weight excluding hydrogens is 596 g/mol. The van der Waals surface area contributed by atoms with Gasteiger partial charge < -0.3 is 15.5 Å². The topological polar surface area (TPSA) is 102 Å². The largest absolute Gasteiger partial charge is 0.344 e. The molecule has 1 aliphatic rings. The summed E-state index contributed by atoms with van der Waals surface area (Å²) in [5.41, 5.74) is 3.39. The van der Waals surface area contributed by atoms with Gasteiger partial charge in [0.15, 0.2) is 0 Å². The van der Waals surface area contributed by atoms with E-state index in [0.29, 0.717) is 25.2 Å². The highest BCUT2D eigenvalue weighted by molar-refractivity contribution is 7.80. The van der Waals surface area contributed by atoms with Crippen LogP contribution >= 0.6 is 0 Å². The average molecular weight is 641 g/mol. The van der Waals surface area contributed by atoms with Crippen molar-refractivity contribution >= 4 is 39.5 Å². The number of hydrogen-bond acceptors (Lipinski definition) is 4. The number of likely N-dealkylation sites (tertiary alicyclic amines) is 1. The molecule has 0 bridgehead atoms. The van der Waals surface area contributed by atoms with Crippen molar-refractivity contribution in [3.05, 3.63) is 114 Å². The van der Waals surface area contributed by atoms with Crippen molar-refractivity contribution in [1.82, 2.24) is 15.5 Å². The number of nitrogens with one attached hydrogen (secondary N) is 2. The van der Waals surface area contributed by atoms with Crippen molar-refractivity contribution in [3.8, 4) is 0 Å². The minimum Gasteiger partial charge on any atom is -0.344 e. The predicted molar refractivity (Wildman–Crippen MR) is 186 cm³/mol. The van der Waals surface area contributed by atoms with E-state index in [0.717, 1.165) is 47.6 Å². The van der Waals surface area contributed by atoms with Crippen LogP contribution < -0.4 is 14.9 Å². The molecule has 0 aromatic heterocycles. The number of anilines is 1. The second kappa shape index (κ2) is 16.0. The number of benzene rings is 4. The molecule has 3 N–H and O–H groups in total. The van der Waals surface area contributed by atoms with Crippen LogP contribution in [0, 0.1) is 0 Å². The number of rotatable bonds is 14. The summed E-state index contributed by atoms with van der Waals surface area (Å²) >= 11 is -2.43. The standard InChI is InChI=1S/C37H44N4O4S/c1-3-11-33(38-2)29-18-16-27(17-19-29)24-34(37(43)40-22-9-10-23-40)39-36(42)26-35(30-13-5-4-6-14-30)41(46(44)45)32-21-20-28-12-7-8-15-31(28)25-32/h4-8,12-21,25,33-35,38H,3,9-11,22-24,26H2,1-2H3,(H,39,42)(H,44,45). The average Bonchev–Trinajstić information content (AvgIpc) is 3.62. The normalized spacial score (nSPS) is 15.7. The van der Waals surface area contributed by atoms with E-state index in [2.05, 4.69) is 29.7 Å². The van der Waals surface area contributed by atoms with Gasteiger partial charge in [-0.3, -0.25) is 18.4 Å². The second-order valence-corrected chi connectivity index (χ2v) is 12.8. The molecule has 0 radical (unpaired) electrons. The number of carbonyl (C=O) groups is 2. The molecule has 1 fully saturated rings. The van der Waals surface area contributed by atoms with Crippen molar-refractivity contribution < 1.29 is 18.4 Å². The van der Waals surface area contributed by atoms with E-state index in [1.165, 1.54) is 9.87 Å². The van der Waals surface area contributed by atoms with Crippen LogP contribution in [0.5, 0.6) is 0 Å². The van der Waals surface area contributed by atoms with Crippen LogP contribution in [0.4, 0.5) is 5.69 Å². The first kappa shape index (κ1) is 33.3. The first-order chi connectivity index (χ1) is 22.4. The van der Waals surface area contributed by atoms with Crippen molar-refractivity contribution in [3.63, 3.8) is 0 Å². The minimum absolute atomic E-state index is 0.0950. The lowest BCUT2D eigenvalue weighted by atomic mass is 9.98. The lowest BCUT2D eigenvalue weighted by Crippen LogP contribution is -2.49. The van der Waals surface area contributed by atoms with Gasteiger partial charge in [-0.05, 0) is 65.9 Å². The first-order valence-corrected chi connectivity index (χ1v) is 17.2. The Kier molecular flexibility index (Phi) is 11.6. The molecule has 0 aliphatic carbocycles. The summed E-state index contributed by atoms with van der Waals surface area (Å²) < 4.78 is 24.9. The molecule has 5 rings (SSSR count). The van der Waals surface area contributed by atoms with Crippen molar-refractivity contribution in [2.45, 2.75) is 63.6 Å². The van der Waals surface area contributed by atoms with E-state index in [1.54, 1.807) is 6.07 Å². The summed E-state index contributed by atoms with van der Waals surface area (Å²) in [5.74, 6) is -0.458. The zero-order chi connectivity index (χ0) is 32.5. The Morgan fingerprint density at radius 1 is 0.891 bits per heavy atom. The maximum Gasteiger partial charge on any atom is 0.262 e. The van der Waals surface area contributed by atoms with E-state index in [1.807, 2.05) is 90.8 Å². The van der Waals surface area contributed by atoms with Gasteiger partial charge in [0.2, 0.25) is 11.8 Å². The summed E-state index contributed by atoms with van der Waals surface area (Å²) in [6, 6.07) is 29.6. The minimum atomic E-state index is -2.43. The van der Waals surface area contributed by atoms with Crippen molar-refractivity contribution in [2.75, 3.05) is 24.4 Å². The Labute approximate surface area is 274 Å². The molecule has 46 heavy (non-hydrogen) atoms. The SMILES string of the molecule is CCCC(NC)c1ccc(CC(NC(=O)CC(c2ccccc2)N(c2ccc3ccccc3c2)S(=O)O)C(=O)N2CCCC2)cc1. The highest BCUT2D eigenvalue weighted by Crippen LogP contribution is 2.33. The number of amides is 2. The maximum absolute atomic E-state index is 13.9. The zero-order valence-corrected chi connectivity index (χ0v) is 27.4. The summed E-state index contributed by atoms with van der Waals surface area (Å²) in [5, 5.41) is 8.33. The van der Waals surface area contributed by atoms with Gasteiger partial charge in [0.05, 0.1) is 18.2 Å². The van der Waals surface area contributed by atoms with Crippen molar-refractivity contribution in [2.24, 2.45) is 0 Å². The Morgan fingerprint density at radius 2 is 1.57 bits per heavy atom. The van der Waals surface area contributed by atoms with E-state index in [4.69, 9.17) is 0 Å². The van der Waals surface area contributed by atoms with Crippen LogP contribution in [-0.4, -0.2) is 51.7 Å². The summed E-state index contributed by atoms with van der Waals surface area (Å²) in [6.45, 7) is 3.52. The number of hydrogen-bond donors (Lipinski definition) is 3. The number of fused-ring (bicyclic) bond motifs is 1. The summed E-state index contributed by atoms with van der Waals surface area (Å²) in [4.78, 5) is 29.4. The van der Waals surface area contributed by atoms with Gasteiger partial charge in [-0.2, -0.15) is 0 Å². The van der Waals surface area contributed by atoms with Crippen LogP contribution in [0.3, 0.4) is 0 Å². The lowest BCUT2D eigenvalue weighted by molar-refractivity contribution is -0.135. The monoisotopic (exact) mass is 640 g/mol. The lowest BCUT2D eigenvalue weighted by Gasteiger charge is -2.31. The molecule has 8 nitrogen and oxygen atoms in total. The van der Waals surface area contributed by atoms with Crippen LogP contribution in [0.2, 0.25) is 0 Å². The molecule has 4 aromatic rings. The van der Waals surface area contributed by atoms with Crippen LogP contribution in [0.15, 0.2) is 97.1 Å². The molecule has 4 atom stereocenters. The van der Waals surface area contributed by atoms with Crippen molar-refractivity contribution in [1.29, 1.82) is 0 Å². The molecular formula is C37H44N4O4S. The van der Waals surface area contributed by atoms with Gasteiger partial charge in [-0.25, -0.2) is 4.21 Å². The second-order valence-electron chi connectivity index (χ2n) is 11.9. The van der Waals surface area contributed by atoms with E-state index < -0.39 is 23.4 Å². The highest BCUT2D eigenvalue weighted by Gasteiger charge is 2.32. The van der Waals surface area contributed by atoms with E-state index in [-0.39, 0.29) is 24.3 Å². The summed E-state index contributed by atoms with van der Waals surface area (Å²) in [7, 11) is 1.96. The Balaban J connectivity index is 1.41. The molecule has 9 heteroatoms. The molecule has 242 valence electrons. The van der Waals surface area contributed by atoms with Gasteiger partial charge in [0, 0.05) is 25.6 Å². The Hall–Kier alpha value is -4.05. The molecule has 4 aromatic carbocycles. The fourth-order valence-corrected chi connectivity index (χ4v) is 7.09. The Morgan fingerprint density at radius 3 is 2.22 bits per heavy atom. The molecule has 0 spiro atoms. The quantitative estimate of drug-likeness (QED) is 0.140. The molecule has 2 amide bonds. The van der Waals surface area contributed by atoms with Crippen LogP contribution in [0.1, 0.15) is 67.8 Å². The predicted octanol–water partition coefficient (Wildman–Crippen LogP) is 6.32. The van der Waals surface area contributed by atoms with E-state index in [9.17, 15) is 18.4 Å². The fourth-order valence-electron chi connectivity index (χ4n) is 6.38. The molecule has 1 heterocycles. The maximum atomic E-state index is 13.9. The smallest absolute Gasteiger partial charge is 0.262 e. The van der Waals surface area contributed by atoms with E-state index >= 15 is 0 Å². The van der Waals surface area contributed by atoms with Gasteiger partial charge in [-0.15, -0.1) is 0 Å². The van der Waals surface area contributed by atoms with Gasteiger partial charge in [-0.1, -0.05) is 98.3 Å². The third kappa shape index (κ3) is 8.20. The van der Waals surface area contributed by atoms with Crippen LogP contribution in [0.25, 0.3) is 10.8 Å². The third-order valence-electron chi connectivity index (χ3n) is 8.80. The number of carbonyl (C=O) groups excluding carboxylic acids is 2. The third-order valence-corrected chi connectivity index (χ3v) is 9.60. The molecule has 0 saturated carbocycles.